The monoisotopic (exact) mass is 650 g/mol. The maximum atomic E-state index is 13.5. The predicted molar refractivity (Wildman–Crippen MR) is 135 cm³/mol. The van der Waals surface area contributed by atoms with Crippen LogP contribution in [0.4, 0.5) is 0 Å². The maximum Gasteiger partial charge on any atom is 0.332 e. The minimum absolute atomic E-state index is 0.0344. The minimum Gasteiger partial charge on any atom is -0.496 e. The van der Waals surface area contributed by atoms with Crippen LogP contribution in [0.5, 0.6) is 5.75 Å². The molecule has 0 fully saturated rings. The zero-order valence-electron chi connectivity index (χ0n) is 17.5. The quantitative estimate of drug-likeness (QED) is 0.222. The standard InChI is InChI=1S/C20H18Br3ClN4O4/c1-10(2)15(21)20(22,23)28-14-16(25-18(28)24)26(3)19(31)27(17(14)30)9-12(29)11-7-5-6-8-13(11)32-4/h5-8H,9H2,1-4H3. The molecule has 12 heteroatoms. The van der Waals surface area contributed by atoms with Crippen LogP contribution in [0.2, 0.25) is 5.28 Å². The number of aromatic nitrogens is 4. The number of methoxy groups -OCH3 is 1. The SMILES string of the molecule is COc1ccccc1C(=O)Cn1c(=O)c2c(nc(Cl)n2C(Br)(Br)C(Br)=C(C)C)n(C)c1=O. The van der Waals surface area contributed by atoms with Crippen LogP contribution in [0, 0.1) is 0 Å². The highest BCUT2D eigenvalue weighted by atomic mass is 79.9. The van der Waals surface area contributed by atoms with Crippen molar-refractivity contribution in [2.45, 2.75) is 23.7 Å². The van der Waals surface area contributed by atoms with Gasteiger partial charge in [0.25, 0.3) is 5.56 Å². The van der Waals surface area contributed by atoms with E-state index in [1.54, 1.807) is 24.3 Å². The number of alkyl halides is 2. The molecule has 0 N–H and O–H groups in total. The first-order valence-electron chi connectivity index (χ1n) is 9.19. The summed E-state index contributed by atoms with van der Waals surface area (Å²) in [6, 6.07) is 6.60. The molecular weight excluding hydrogens is 635 g/mol. The second kappa shape index (κ2) is 9.28. The maximum absolute atomic E-state index is 13.5. The molecule has 0 spiro atoms. The summed E-state index contributed by atoms with van der Waals surface area (Å²) in [6.07, 6.45) is 0. The zero-order chi connectivity index (χ0) is 24.0. The molecule has 1 aromatic carbocycles. The van der Waals surface area contributed by atoms with E-state index in [1.807, 2.05) is 13.8 Å². The topological polar surface area (TPSA) is 88.1 Å². The van der Waals surface area contributed by atoms with Crippen molar-refractivity contribution in [3.63, 3.8) is 0 Å². The van der Waals surface area contributed by atoms with Crippen LogP contribution in [0.25, 0.3) is 11.2 Å². The van der Waals surface area contributed by atoms with Gasteiger partial charge in [0.1, 0.15) is 5.75 Å². The number of Topliss-reactive ketones (excluding diaryl/α,β-unsaturated/α-hetero) is 1. The molecule has 170 valence electrons. The third-order valence-corrected chi connectivity index (χ3v) is 8.98. The molecule has 0 radical (unpaired) electrons. The Balaban J connectivity index is 2.29. The number of ether oxygens (including phenoxy) is 1. The molecule has 0 aliphatic rings. The minimum atomic E-state index is -1.15. The summed E-state index contributed by atoms with van der Waals surface area (Å²) < 4.78 is 8.18. The van der Waals surface area contributed by atoms with Crippen LogP contribution in [-0.4, -0.2) is 31.6 Å². The molecule has 3 aromatic rings. The van der Waals surface area contributed by atoms with Crippen molar-refractivity contribution >= 4 is 76.3 Å². The van der Waals surface area contributed by atoms with E-state index in [2.05, 4.69) is 52.8 Å². The van der Waals surface area contributed by atoms with Gasteiger partial charge >= 0.3 is 5.69 Å². The van der Waals surface area contributed by atoms with E-state index >= 15 is 0 Å². The second-order valence-electron chi connectivity index (χ2n) is 7.10. The molecule has 32 heavy (non-hydrogen) atoms. The summed E-state index contributed by atoms with van der Waals surface area (Å²) in [5.41, 5.74) is -0.113. The van der Waals surface area contributed by atoms with E-state index < -0.39 is 26.9 Å². The van der Waals surface area contributed by atoms with Crippen molar-refractivity contribution in [1.82, 2.24) is 18.7 Å². The number of imidazole rings is 1. The average molecular weight is 654 g/mol. The lowest BCUT2D eigenvalue weighted by Gasteiger charge is -2.25. The molecule has 2 aromatic heterocycles. The summed E-state index contributed by atoms with van der Waals surface area (Å²) >= 11 is 17.0. The van der Waals surface area contributed by atoms with Crippen LogP contribution in [0.1, 0.15) is 24.2 Å². The summed E-state index contributed by atoms with van der Waals surface area (Å²) in [7, 11) is 2.90. The molecule has 0 unspecified atom stereocenters. The number of benzene rings is 1. The molecule has 0 bridgehead atoms. The van der Waals surface area contributed by atoms with Gasteiger partial charge in [-0.15, -0.1) is 0 Å². The fraction of sp³-hybridized carbons (Fsp3) is 0.300. The normalized spacial score (nSPS) is 11.6. The molecule has 0 amide bonds. The first-order chi connectivity index (χ1) is 14.9. The van der Waals surface area contributed by atoms with Gasteiger partial charge in [-0.05, 0) is 69.4 Å². The van der Waals surface area contributed by atoms with E-state index in [1.165, 1.54) is 23.3 Å². The van der Waals surface area contributed by atoms with Gasteiger partial charge < -0.3 is 4.74 Å². The van der Waals surface area contributed by atoms with Crippen LogP contribution >= 0.6 is 59.4 Å². The van der Waals surface area contributed by atoms with Crippen molar-refractivity contribution in [1.29, 1.82) is 0 Å². The van der Waals surface area contributed by atoms with E-state index in [4.69, 9.17) is 16.3 Å². The van der Waals surface area contributed by atoms with Crippen LogP contribution in [-0.2, 0) is 16.9 Å². The van der Waals surface area contributed by atoms with Gasteiger partial charge in [-0.1, -0.05) is 33.6 Å². The number of halogens is 4. The highest BCUT2D eigenvalue weighted by Crippen LogP contribution is 2.47. The highest BCUT2D eigenvalue weighted by Gasteiger charge is 2.36. The Morgan fingerprint density at radius 3 is 2.44 bits per heavy atom. The smallest absolute Gasteiger partial charge is 0.332 e. The number of allylic oxidation sites excluding steroid dienone is 2. The van der Waals surface area contributed by atoms with Gasteiger partial charge in [0, 0.05) is 11.5 Å². The van der Waals surface area contributed by atoms with Gasteiger partial charge in [-0.3, -0.25) is 23.3 Å². The molecule has 0 saturated heterocycles. The summed E-state index contributed by atoms with van der Waals surface area (Å²) in [5.74, 6) is -0.100. The van der Waals surface area contributed by atoms with Crippen molar-refractivity contribution in [3.8, 4) is 5.75 Å². The van der Waals surface area contributed by atoms with E-state index in [0.29, 0.717) is 10.2 Å². The zero-order valence-corrected chi connectivity index (χ0v) is 23.0. The number of nitrogens with zero attached hydrogens (tertiary/aromatic N) is 4. The number of hydrogen-bond donors (Lipinski definition) is 0. The Kier molecular flexibility index (Phi) is 7.23. The van der Waals surface area contributed by atoms with Gasteiger partial charge in [-0.25, -0.2) is 4.79 Å². The molecule has 8 nitrogen and oxygen atoms in total. The van der Waals surface area contributed by atoms with Crippen molar-refractivity contribution in [2.24, 2.45) is 7.05 Å². The molecule has 0 atom stereocenters. The lowest BCUT2D eigenvalue weighted by atomic mass is 10.1. The third kappa shape index (κ3) is 4.15. The fourth-order valence-corrected chi connectivity index (χ4v) is 5.35. The largest absolute Gasteiger partial charge is 0.496 e. The number of rotatable bonds is 6. The third-order valence-electron chi connectivity index (χ3n) is 4.79. The molecule has 0 aliphatic heterocycles. The summed E-state index contributed by atoms with van der Waals surface area (Å²) in [5, 5.41) is -0.0344. The Morgan fingerprint density at radius 2 is 1.84 bits per heavy atom. The number of carbonyl (C=O) groups is 1. The number of aryl methyl sites for hydroxylation is 1. The molecule has 0 aliphatic carbocycles. The van der Waals surface area contributed by atoms with E-state index in [9.17, 15) is 14.4 Å². The lowest BCUT2D eigenvalue weighted by molar-refractivity contribution is 0.0966. The lowest BCUT2D eigenvalue weighted by Crippen LogP contribution is -2.42. The van der Waals surface area contributed by atoms with Crippen molar-refractivity contribution in [3.05, 3.63) is 66.0 Å². The predicted octanol–water partition coefficient (Wildman–Crippen LogP) is 4.53. The number of hydrogen-bond acceptors (Lipinski definition) is 5. The number of para-hydroxylation sites is 1. The first-order valence-corrected chi connectivity index (χ1v) is 11.9. The second-order valence-corrected chi connectivity index (χ2v) is 11.6. The number of ketones is 1. The molecule has 0 saturated carbocycles. The van der Waals surface area contributed by atoms with Gasteiger partial charge in [0.2, 0.25) is 5.28 Å². The van der Waals surface area contributed by atoms with Crippen LogP contribution < -0.4 is 16.0 Å². The Morgan fingerprint density at radius 1 is 1.22 bits per heavy atom. The van der Waals surface area contributed by atoms with E-state index in [-0.39, 0.29) is 22.0 Å². The van der Waals surface area contributed by atoms with Crippen molar-refractivity contribution < 1.29 is 9.53 Å². The fourth-order valence-electron chi connectivity index (χ4n) is 3.19. The summed E-state index contributed by atoms with van der Waals surface area (Å²) in [6.45, 7) is 3.26. The van der Waals surface area contributed by atoms with Crippen molar-refractivity contribution in [2.75, 3.05) is 7.11 Å². The number of fused-ring (bicyclic) bond motifs is 1. The van der Waals surface area contributed by atoms with Gasteiger partial charge in [0.05, 0.1) is 19.2 Å². The summed E-state index contributed by atoms with van der Waals surface area (Å²) in [4.78, 5) is 43.6. The molecule has 3 rings (SSSR count). The van der Waals surface area contributed by atoms with Gasteiger partial charge in [0.15, 0.2) is 20.3 Å². The number of carbonyl (C=O) groups excluding carboxylic acids is 1. The van der Waals surface area contributed by atoms with Gasteiger partial charge in [-0.2, -0.15) is 4.98 Å². The average Bonchev–Trinajstić information content (AvgIpc) is 3.12. The van der Waals surface area contributed by atoms with E-state index in [0.717, 1.165) is 10.1 Å². The molecule has 2 heterocycles. The van der Waals surface area contributed by atoms with Crippen LogP contribution in [0.3, 0.4) is 0 Å². The highest BCUT2D eigenvalue weighted by molar-refractivity contribution is 9.25. The van der Waals surface area contributed by atoms with Crippen LogP contribution in [0.15, 0.2) is 43.9 Å². The first kappa shape index (κ1) is 24.9. The Bertz CT molecular complexity index is 1380. The molecular formula is C20H18Br3ClN4O4. The Hall–Kier alpha value is -1.69. The Labute approximate surface area is 213 Å².